The number of nitrogen functional groups attached to an aromatic ring is 1. The van der Waals surface area contributed by atoms with Gasteiger partial charge in [0, 0.05) is 16.6 Å². The van der Waals surface area contributed by atoms with E-state index in [0.717, 1.165) is 4.90 Å². The molecule has 0 bridgehead atoms. The van der Waals surface area contributed by atoms with E-state index in [1.165, 1.54) is 11.8 Å². The highest BCUT2D eigenvalue weighted by atomic mass is 32.2. The zero-order valence-electron chi connectivity index (χ0n) is 10.7. The average molecular weight is 277 g/mol. The van der Waals surface area contributed by atoms with Crippen molar-refractivity contribution in [3.63, 3.8) is 0 Å². The summed E-state index contributed by atoms with van der Waals surface area (Å²) in [6.07, 6.45) is 0. The van der Waals surface area contributed by atoms with Gasteiger partial charge < -0.3 is 15.6 Å². The van der Waals surface area contributed by atoms with Gasteiger partial charge >= 0.3 is 0 Å². The first-order chi connectivity index (χ1) is 9.06. The monoisotopic (exact) mass is 277 g/mol. The highest BCUT2D eigenvalue weighted by Gasteiger charge is 2.16. The lowest BCUT2D eigenvalue weighted by Crippen LogP contribution is -2.22. The summed E-state index contributed by atoms with van der Waals surface area (Å²) in [5.74, 6) is 0.945. The molecule has 1 heterocycles. The number of benzene rings is 1. The normalized spacial score (nSPS) is 12.1. The molecular formula is C13H15N3O2S. The number of anilines is 2. The molecule has 6 heteroatoms. The van der Waals surface area contributed by atoms with Gasteiger partial charge in [-0.25, -0.2) is 0 Å². The lowest BCUT2D eigenvalue weighted by Gasteiger charge is -2.11. The SMILES string of the molecule is Cc1cc(NC(=O)C(C)Sc2ccccc2N)no1. The Morgan fingerprint density at radius 3 is 2.84 bits per heavy atom. The Labute approximate surface area is 115 Å². The largest absolute Gasteiger partial charge is 0.398 e. The molecule has 5 nitrogen and oxygen atoms in total. The molecule has 0 saturated carbocycles. The third-order valence-corrected chi connectivity index (χ3v) is 3.66. The molecule has 1 unspecified atom stereocenters. The number of para-hydroxylation sites is 1. The van der Waals surface area contributed by atoms with E-state index in [1.807, 2.05) is 31.2 Å². The van der Waals surface area contributed by atoms with E-state index in [9.17, 15) is 4.79 Å². The van der Waals surface area contributed by atoms with Gasteiger partial charge in [-0.1, -0.05) is 17.3 Å². The summed E-state index contributed by atoms with van der Waals surface area (Å²) in [6.45, 7) is 3.59. The molecule has 1 aromatic carbocycles. The van der Waals surface area contributed by atoms with Crippen LogP contribution in [0.2, 0.25) is 0 Å². The molecule has 0 spiro atoms. The number of amides is 1. The van der Waals surface area contributed by atoms with Crippen molar-refractivity contribution in [2.75, 3.05) is 11.1 Å². The lowest BCUT2D eigenvalue weighted by molar-refractivity contribution is -0.115. The van der Waals surface area contributed by atoms with Gasteiger partial charge in [-0.3, -0.25) is 4.79 Å². The van der Waals surface area contributed by atoms with Crippen molar-refractivity contribution in [1.82, 2.24) is 5.16 Å². The Balaban J connectivity index is 1.98. The quantitative estimate of drug-likeness (QED) is 0.663. The number of nitrogens with zero attached hydrogens (tertiary/aromatic N) is 1. The van der Waals surface area contributed by atoms with Crippen LogP contribution in [0.15, 0.2) is 39.8 Å². The van der Waals surface area contributed by atoms with Crippen LogP contribution in [0.25, 0.3) is 0 Å². The second-order valence-corrected chi connectivity index (χ2v) is 5.49. The standard InChI is InChI=1S/C13H15N3O2S/c1-8-7-12(16-18-8)15-13(17)9(2)19-11-6-4-3-5-10(11)14/h3-7,9H,14H2,1-2H3,(H,15,16,17). The second-order valence-electron chi connectivity index (χ2n) is 4.11. The van der Waals surface area contributed by atoms with Gasteiger partial charge in [0.15, 0.2) is 5.82 Å². The molecule has 1 aromatic heterocycles. The number of thioether (sulfide) groups is 1. The van der Waals surface area contributed by atoms with Crippen LogP contribution in [-0.4, -0.2) is 16.3 Å². The highest BCUT2D eigenvalue weighted by molar-refractivity contribution is 8.00. The number of nitrogens with two attached hydrogens (primary N) is 1. The van der Waals surface area contributed by atoms with Crippen molar-refractivity contribution >= 4 is 29.2 Å². The van der Waals surface area contributed by atoms with Crippen molar-refractivity contribution in [3.05, 3.63) is 36.1 Å². The van der Waals surface area contributed by atoms with E-state index < -0.39 is 0 Å². The van der Waals surface area contributed by atoms with Crippen LogP contribution in [0.3, 0.4) is 0 Å². The molecule has 0 aliphatic heterocycles. The Kier molecular flexibility index (Phi) is 4.11. The number of carbonyl (C=O) groups is 1. The minimum atomic E-state index is -0.276. The third-order valence-electron chi connectivity index (χ3n) is 2.47. The van der Waals surface area contributed by atoms with Gasteiger partial charge in [-0.15, -0.1) is 11.8 Å². The number of nitrogens with one attached hydrogen (secondary N) is 1. The summed E-state index contributed by atoms with van der Waals surface area (Å²) >= 11 is 1.41. The van der Waals surface area contributed by atoms with Gasteiger partial charge in [0.2, 0.25) is 5.91 Å². The summed E-state index contributed by atoms with van der Waals surface area (Å²) in [6, 6.07) is 9.14. The minimum absolute atomic E-state index is 0.137. The fourth-order valence-electron chi connectivity index (χ4n) is 1.49. The smallest absolute Gasteiger partial charge is 0.238 e. The predicted molar refractivity (Wildman–Crippen MR) is 76.0 cm³/mol. The van der Waals surface area contributed by atoms with Gasteiger partial charge in [-0.2, -0.15) is 0 Å². The zero-order chi connectivity index (χ0) is 13.8. The molecule has 100 valence electrons. The molecular weight excluding hydrogens is 262 g/mol. The molecule has 0 aliphatic carbocycles. The molecule has 3 N–H and O–H groups in total. The molecule has 1 amide bonds. The summed E-state index contributed by atoms with van der Waals surface area (Å²) in [5, 5.41) is 6.14. The highest BCUT2D eigenvalue weighted by Crippen LogP contribution is 2.28. The number of hydrogen-bond acceptors (Lipinski definition) is 5. The Morgan fingerprint density at radius 1 is 1.47 bits per heavy atom. The van der Waals surface area contributed by atoms with Crippen molar-refractivity contribution in [2.24, 2.45) is 0 Å². The van der Waals surface area contributed by atoms with Gasteiger partial charge in [0.05, 0.1) is 5.25 Å². The van der Waals surface area contributed by atoms with E-state index >= 15 is 0 Å². The maximum Gasteiger partial charge on any atom is 0.238 e. The van der Waals surface area contributed by atoms with Crippen LogP contribution >= 0.6 is 11.8 Å². The number of carbonyl (C=O) groups excluding carboxylic acids is 1. The Morgan fingerprint density at radius 2 is 2.21 bits per heavy atom. The van der Waals surface area contributed by atoms with Crippen molar-refractivity contribution in [2.45, 2.75) is 24.0 Å². The predicted octanol–water partition coefficient (Wildman–Crippen LogP) is 2.68. The van der Waals surface area contributed by atoms with Crippen LogP contribution in [0, 0.1) is 6.92 Å². The van der Waals surface area contributed by atoms with Crippen molar-refractivity contribution in [3.8, 4) is 0 Å². The van der Waals surface area contributed by atoms with Crippen LogP contribution < -0.4 is 11.1 Å². The maximum absolute atomic E-state index is 12.0. The van der Waals surface area contributed by atoms with E-state index in [0.29, 0.717) is 17.3 Å². The molecule has 0 saturated heterocycles. The summed E-state index contributed by atoms with van der Waals surface area (Å²) < 4.78 is 4.89. The number of aryl methyl sites for hydroxylation is 1. The first-order valence-electron chi connectivity index (χ1n) is 5.81. The summed E-state index contributed by atoms with van der Waals surface area (Å²) in [5.41, 5.74) is 6.52. The van der Waals surface area contributed by atoms with Gasteiger partial charge in [-0.05, 0) is 26.0 Å². The second kappa shape index (κ2) is 5.79. The van der Waals surface area contributed by atoms with Crippen LogP contribution in [0.4, 0.5) is 11.5 Å². The summed E-state index contributed by atoms with van der Waals surface area (Å²) in [4.78, 5) is 12.9. The molecule has 2 aromatic rings. The lowest BCUT2D eigenvalue weighted by atomic mass is 10.3. The average Bonchev–Trinajstić information content (AvgIpc) is 2.77. The molecule has 1 atom stereocenters. The number of aromatic nitrogens is 1. The van der Waals surface area contributed by atoms with E-state index in [2.05, 4.69) is 10.5 Å². The van der Waals surface area contributed by atoms with Crippen molar-refractivity contribution in [1.29, 1.82) is 0 Å². The number of rotatable bonds is 4. The third kappa shape index (κ3) is 3.51. The first-order valence-corrected chi connectivity index (χ1v) is 6.69. The fraction of sp³-hybridized carbons (Fsp3) is 0.231. The molecule has 2 rings (SSSR count). The topological polar surface area (TPSA) is 81.2 Å². The van der Waals surface area contributed by atoms with E-state index in [1.54, 1.807) is 13.0 Å². The molecule has 0 aliphatic rings. The van der Waals surface area contributed by atoms with Crippen LogP contribution in [0.5, 0.6) is 0 Å². The van der Waals surface area contributed by atoms with Crippen LogP contribution in [0.1, 0.15) is 12.7 Å². The van der Waals surface area contributed by atoms with E-state index in [-0.39, 0.29) is 11.2 Å². The molecule has 19 heavy (non-hydrogen) atoms. The van der Waals surface area contributed by atoms with E-state index in [4.69, 9.17) is 10.3 Å². The Hall–Kier alpha value is -1.95. The first kappa shape index (κ1) is 13.5. The number of hydrogen-bond donors (Lipinski definition) is 2. The summed E-state index contributed by atoms with van der Waals surface area (Å²) in [7, 11) is 0. The van der Waals surface area contributed by atoms with Crippen molar-refractivity contribution < 1.29 is 9.32 Å². The minimum Gasteiger partial charge on any atom is -0.398 e. The van der Waals surface area contributed by atoms with Gasteiger partial charge in [0.25, 0.3) is 0 Å². The maximum atomic E-state index is 12.0. The zero-order valence-corrected chi connectivity index (χ0v) is 11.5. The molecule has 0 radical (unpaired) electrons. The fourth-order valence-corrected chi connectivity index (χ4v) is 2.39. The van der Waals surface area contributed by atoms with Crippen LogP contribution in [-0.2, 0) is 4.79 Å². The molecule has 0 fully saturated rings. The van der Waals surface area contributed by atoms with Gasteiger partial charge in [0.1, 0.15) is 5.76 Å². The Bertz CT molecular complexity index is 583.